The topological polar surface area (TPSA) is 61.8 Å². The van der Waals surface area contributed by atoms with Crippen LogP contribution in [0.3, 0.4) is 0 Å². The molecule has 21 heavy (non-hydrogen) atoms. The number of aromatic nitrogens is 3. The first-order valence-electron chi connectivity index (χ1n) is 7.04. The van der Waals surface area contributed by atoms with E-state index >= 15 is 0 Å². The van der Waals surface area contributed by atoms with E-state index in [1.165, 1.54) is 5.56 Å². The van der Waals surface area contributed by atoms with Gasteiger partial charge in [0.05, 0.1) is 0 Å². The van der Waals surface area contributed by atoms with Crippen molar-refractivity contribution in [1.82, 2.24) is 15.2 Å². The zero-order valence-corrected chi connectivity index (χ0v) is 11.8. The average Bonchev–Trinajstić information content (AvgIpc) is 2.99. The van der Waals surface area contributed by atoms with Crippen LogP contribution in [0.5, 0.6) is 5.75 Å². The summed E-state index contributed by atoms with van der Waals surface area (Å²) in [5.41, 5.74) is 2.03. The van der Waals surface area contributed by atoms with E-state index in [0.29, 0.717) is 5.82 Å². The zero-order valence-electron chi connectivity index (χ0n) is 11.8. The minimum atomic E-state index is 0.199. The summed E-state index contributed by atoms with van der Waals surface area (Å²) in [7, 11) is 0. The molecule has 3 aromatic rings. The van der Waals surface area contributed by atoms with Crippen LogP contribution in [0, 0.1) is 0 Å². The van der Waals surface area contributed by atoms with E-state index < -0.39 is 0 Å². The van der Waals surface area contributed by atoms with Crippen LogP contribution in [0.15, 0.2) is 54.6 Å². The van der Waals surface area contributed by atoms with Gasteiger partial charge in [-0.25, -0.2) is 4.98 Å². The molecule has 1 atom stereocenters. The molecule has 0 aliphatic heterocycles. The van der Waals surface area contributed by atoms with Gasteiger partial charge in [-0.1, -0.05) is 49.4 Å². The minimum absolute atomic E-state index is 0.199. The fraction of sp³-hybridized carbons (Fsp3) is 0.176. The molecule has 1 unspecified atom stereocenters. The summed E-state index contributed by atoms with van der Waals surface area (Å²) in [6.07, 6.45) is 0.943. The number of rotatable bonds is 4. The Bertz CT molecular complexity index is 722. The number of aromatic amines is 1. The second-order valence-corrected chi connectivity index (χ2v) is 4.97. The Balaban J connectivity index is 1.94. The Morgan fingerprint density at radius 1 is 1.10 bits per heavy atom. The Hall–Kier alpha value is -2.62. The highest BCUT2D eigenvalue weighted by Gasteiger charge is 2.17. The quantitative estimate of drug-likeness (QED) is 0.765. The molecule has 106 valence electrons. The molecule has 1 aromatic heterocycles. The number of nitrogens with zero attached hydrogens (tertiary/aromatic N) is 2. The minimum Gasteiger partial charge on any atom is -0.508 e. The van der Waals surface area contributed by atoms with Crippen molar-refractivity contribution in [2.24, 2.45) is 0 Å². The van der Waals surface area contributed by atoms with Gasteiger partial charge in [0.1, 0.15) is 11.6 Å². The van der Waals surface area contributed by atoms with Crippen LogP contribution in [-0.2, 0) is 0 Å². The van der Waals surface area contributed by atoms with Crippen LogP contribution in [0.1, 0.15) is 30.7 Å². The Labute approximate surface area is 123 Å². The largest absolute Gasteiger partial charge is 0.508 e. The lowest BCUT2D eigenvalue weighted by molar-refractivity contribution is 0.475. The third-order valence-corrected chi connectivity index (χ3v) is 3.55. The van der Waals surface area contributed by atoms with Crippen molar-refractivity contribution in [2.45, 2.75) is 19.3 Å². The number of benzene rings is 2. The molecule has 3 rings (SSSR count). The fourth-order valence-corrected chi connectivity index (χ4v) is 2.48. The summed E-state index contributed by atoms with van der Waals surface area (Å²) in [4.78, 5) is 4.59. The van der Waals surface area contributed by atoms with Gasteiger partial charge in [-0.05, 0) is 24.1 Å². The summed E-state index contributed by atoms with van der Waals surface area (Å²) in [6, 6.07) is 17.2. The molecule has 0 fully saturated rings. The SMILES string of the molecule is CCC(c1ccccc1)c1nc(-c2cccc(O)c2)n[nH]1. The van der Waals surface area contributed by atoms with Gasteiger partial charge in [0.15, 0.2) is 5.82 Å². The number of H-pyrrole nitrogens is 1. The molecule has 0 spiro atoms. The molecule has 4 nitrogen and oxygen atoms in total. The van der Waals surface area contributed by atoms with E-state index in [4.69, 9.17) is 0 Å². The number of hydrogen-bond acceptors (Lipinski definition) is 3. The number of nitrogens with one attached hydrogen (secondary N) is 1. The van der Waals surface area contributed by atoms with Gasteiger partial charge in [-0.2, -0.15) is 5.10 Å². The summed E-state index contributed by atoms with van der Waals surface area (Å²) < 4.78 is 0. The molecule has 2 aromatic carbocycles. The van der Waals surface area contributed by atoms with E-state index in [9.17, 15) is 5.11 Å². The number of phenols is 1. The molecular formula is C17H17N3O. The van der Waals surface area contributed by atoms with Crippen LogP contribution < -0.4 is 0 Å². The van der Waals surface area contributed by atoms with E-state index in [1.807, 2.05) is 24.3 Å². The Morgan fingerprint density at radius 2 is 1.90 bits per heavy atom. The van der Waals surface area contributed by atoms with Gasteiger partial charge >= 0.3 is 0 Å². The van der Waals surface area contributed by atoms with Gasteiger partial charge in [0, 0.05) is 11.5 Å². The van der Waals surface area contributed by atoms with E-state index in [0.717, 1.165) is 17.8 Å². The molecular weight excluding hydrogens is 262 g/mol. The van der Waals surface area contributed by atoms with Crippen molar-refractivity contribution in [3.8, 4) is 17.1 Å². The van der Waals surface area contributed by atoms with Gasteiger partial charge in [-0.3, -0.25) is 5.10 Å². The zero-order chi connectivity index (χ0) is 14.7. The predicted octanol–water partition coefficient (Wildman–Crippen LogP) is 3.72. The lowest BCUT2D eigenvalue weighted by Gasteiger charge is -2.11. The molecule has 0 saturated heterocycles. The maximum absolute atomic E-state index is 9.55. The normalized spacial score (nSPS) is 12.2. The van der Waals surface area contributed by atoms with E-state index in [-0.39, 0.29) is 11.7 Å². The van der Waals surface area contributed by atoms with Crippen molar-refractivity contribution < 1.29 is 5.11 Å². The Morgan fingerprint density at radius 3 is 2.62 bits per heavy atom. The summed E-state index contributed by atoms with van der Waals surface area (Å²) in [5, 5.41) is 16.9. The monoisotopic (exact) mass is 279 g/mol. The number of phenolic OH excluding ortho intramolecular Hbond substituents is 1. The molecule has 0 bridgehead atoms. The first-order valence-corrected chi connectivity index (χ1v) is 7.04. The molecule has 2 N–H and O–H groups in total. The number of hydrogen-bond donors (Lipinski definition) is 2. The second-order valence-electron chi connectivity index (χ2n) is 4.97. The highest BCUT2D eigenvalue weighted by atomic mass is 16.3. The van der Waals surface area contributed by atoms with Gasteiger partial charge < -0.3 is 5.11 Å². The van der Waals surface area contributed by atoms with E-state index in [1.54, 1.807) is 18.2 Å². The smallest absolute Gasteiger partial charge is 0.181 e. The maximum atomic E-state index is 9.55. The maximum Gasteiger partial charge on any atom is 0.181 e. The lowest BCUT2D eigenvalue weighted by Crippen LogP contribution is -2.01. The molecule has 0 aliphatic carbocycles. The second kappa shape index (κ2) is 5.79. The molecule has 0 amide bonds. The van der Waals surface area contributed by atoms with Crippen LogP contribution in [0.2, 0.25) is 0 Å². The van der Waals surface area contributed by atoms with E-state index in [2.05, 4.69) is 34.2 Å². The molecule has 0 aliphatic rings. The van der Waals surface area contributed by atoms with Crippen molar-refractivity contribution in [3.63, 3.8) is 0 Å². The highest BCUT2D eigenvalue weighted by molar-refractivity contribution is 5.57. The van der Waals surface area contributed by atoms with Crippen molar-refractivity contribution >= 4 is 0 Å². The molecule has 0 saturated carbocycles. The van der Waals surface area contributed by atoms with Crippen LogP contribution in [-0.4, -0.2) is 20.3 Å². The molecule has 1 heterocycles. The van der Waals surface area contributed by atoms with Gasteiger partial charge in [-0.15, -0.1) is 0 Å². The Kier molecular flexibility index (Phi) is 3.69. The van der Waals surface area contributed by atoms with Crippen molar-refractivity contribution in [2.75, 3.05) is 0 Å². The summed E-state index contributed by atoms with van der Waals surface area (Å²) in [5.74, 6) is 1.87. The van der Waals surface area contributed by atoms with Crippen LogP contribution >= 0.6 is 0 Å². The molecule has 0 radical (unpaired) electrons. The first-order chi connectivity index (χ1) is 10.3. The highest BCUT2D eigenvalue weighted by Crippen LogP contribution is 2.27. The molecule has 4 heteroatoms. The fourth-order valence-electron chi connectivity index (χ4n) is 2.48. The van der Waals surface area contributed by atoms with Gasteiger partial charge in [0.25, 0.3) is 0 Å². The van der Waals surface area contributed by atoms with Crippen LogP contribution in [0.25, 0.3) is 11.4 Å². The average molecular weight is 279 g/mol. The third kappa shape index (κ3) is 2.79. The van der Waals surface area contributed by atoms with Crippen molar-refractivity contribution in [1.29, 1.82) is 0 Å². The van der Waals surface area contributed by atoms with Crippen molar-refractivity contribution in [3.05, 3.63) is 66.0 Å². The first kappa shape index (κ1) is 13.4. The van der Waals surface area contributed by atoms with Crippen LogP contribution in [0.4, 0.5) is 0 Å². The third-order valence-electron chi connectivity index (χ3n) is 3.55. The summed E-state index contributed by atoms with van der Waals surface area (Å²) in [6.45, 7) is 2.13. The number of aromatic hydroxyl groups is 1. The standard InChI is InChI=1S/C17H17N3O/c1-2-15(12-7-4-3-5-8-12)17-18-16(19-20-17)13-9-6-10-14(21)11-13/h3-11,15,21H,2H2,1H3,(H,18,19,20). The predicted molar refractivity (Wildman–Crippen MR) is 82.1 cm³/mol. The summed E-state index contributed by atoms with van der Waals surface area (Å²) >= 11 is 0. The lowest BCUT2D eigenvalue weighted by atomic mass is 9.96. The van der Waals surface area contributed by atoms with Gasteiger partial charge in [0.2, 0.25) is 0 Å².